The summed E-state index contributed by atoms with van der Waals surface area (Å²) in [5, 5.41) is 2.80. The first-order chi connectivity index (χ1) is 15.7. The lowest BCUT2D eigenvalue weighted by Crippen LogP contribution is -2.50. The summed E-state index contributed by atoms with van der Waals surface area (Å²) in [6, 6.07) is 10.4. The highest BCUT2D eigenvalue weighted by Gasteiger charge is 2.27. The summed E-state index contributed by atoms with van der Waals surface area (Å²) in [4.78, 5) is 27.3. The number of halogens is 2. The van der Waals surface area contributed by atoms with Crippen LogP contribution in [0.2, 0.25) is 0 Å². The van der Waals surface area contributed by atoms with Crippen LogP contribution in [0, 0.1) is 5.92 Å². The van der Waals surface area contributed by atoms with E-state index in [1.165, 1.54) is 24.1 Å². The molecule has 0 spiro atoms. The number of carbonyl (C=O) groups excluding carboxylic acids is 2. The highest BCUT2D eigenvalue weighted by Crippen LogP contribution is 2.30. The zero-order valence-electron chi connectivity index (χ0n) is 19.4. The minimum Gasteiger partial charge on any atom is -0.494 e. The Balaban J connectivity index is 2.09. The van der Waals surface area contributed by atoms with Gasteiger partial charge in [0.1, 0.15) is 11.8 Å². The number of rotatable bonds is 11. The first kappa shape index (κ1) is 25.9. The predicted octanol–water partition coefficient (Wildman–Crippen LogP) is 4.11. The highest BCUT2D eigenvalue weighted by molar-refractivity contribution is 5.97. The maximum Gasteiger partial charge on any atom is 0.387 e. The quantitative estimate of drug-likeness (QED) is 0.542. The maximum absolute atomic E-state index is 13.1. The lowest BCUT2D eigenvalue weighted by molar-refractivity contribution is -0.133. The number of alkyl halides is 2. The average molecular weight is 465 g/mol. The van der Waals surface area contributed by atoms with Crippen LogP contribution in [0.3, 0.4) is 0 Å². The van der Waals surface area contributed by atoms with E-state index in [0.29, 0.717) is 23.5 Å². The molecule has 0 aliphatic heterocycles. The number of ether oxygens (including phenoxy) is 3. The molecule has 2 aromatic rings. The second kappa shape index (κ2) is 12.0. The van der Waals surface area contributed by atoms with Crippen molar-refractivity contribution in [2.45, 2.75) is 40.0 Å². The van der Waals surface area contributed by atoms with Gasteiger partial charge in [-0.25, -0.2) is 0 Å². The molecule has 0 saturated heterocycles. The number of methoxy groups -OCH3 is 1. The number of nitrogens with one attached hydrogen (secondary N) is 1. The summed E-state index contributed by atoms with van der Waals surface area (Å²) >= 11 is 0. The van der Waals surface area contributed by atoms with Crippen molar-refractivity contribution in [2.24, 2.45) is 5.92 Å². The smallest absolute Gasteiger partial charge is 0.387 e. The topological polar surface area (TPSA) is 77.1 Å². The molecule has 2 rings (SSSR count). The Labute approximate surface area is 192 Å². The molecule has 7 nitrogen and oxygen atoms in total. The number of carbonyl (C=O) groups is 2. The van der Waals surface area contributed by atoms with E-state index in [4.69, 9.17) is 9.47 Å². The maximum atomic E-state index is 13.1. The van der Waals surface area contributed by atoms with Gasteiger partial charge in [-0.05, 0) is 54.8 Å². The molecule has 2 amide bonds. The summed E-state index contributed by atoms with van der Waals surface area (Å²) in [5.74, 6) is -0.107. The third-order valence-corrected chi connectivity index (χ3v) is 4.89. The first-order valence-electron chi connectivity index (χ1n) is 10.6. The van der Waals surface area contributed by atoms with Crippen LogP contribution in [0.15, 0.2) is 42.5 Å². The van der Waals surface area contributed by atoms with E-state index in [9.17, 15) is 18.4 Å². The van der Waals surface area contributed by atoms with Crippen LogP contribution in [0.1, 0.15) is 36.7 Å². The summed E-state index contributed by atoms with van der Waals surface area (Å²) < 4.78 is 40.0. The largest absolute Gasteiger partial charge is 0.494 e. The van der Waals surface area contributed by atoms with Crippen molar-refractivity contribution in [3.8, 4) is 17.2 Å². The van der Waals surface area contributed by atoms with Gasteiger partial charge in [-0.15, -0.1) is 0 Å². The fraction of sp³-hybridized carbons (Fsp3) is 0.417. The predicted molar refractivity (Wildman–Crippen MR) is 120 cm³/mol. The number of nitrogens with zero attached hydrogens (tertiary/aromatic N) is 1. The molecule has 0 unspecified atom stereocenters. The minimum absolute atomic E-state index is 0.0899. The lowest BCUT2D eigenvalue weighted by atomic mass is 10.0. The highest BCUT2D eigenvalue weighted by atomic mass is 19.3. The monoisotopic (exact) mass is 464 g/mol. The molecule has 2 aromatic carbocycles. The Morgan fingerprint density at radius 2 is 1.73 bits per heavy atom. The molecule has 0 fully saturated rings. The van der Waals surface area contributed by atoms with Crippen molar-refractivity contribution in [3.63, 3.8) is 0 Å². The van der Waals surface area contributed by atoms with Crippen molar-refractivity contribution in [1.29, 1.82) is 0 Å². The van der Waals surface area contributed by atoms with Gasteiger partial charge in [0, 0.05) is 19.2 Å². The Morgan fingerprint density at radius 3 is 2.27 bits per heavy atom. The second-order valence-electron chi connectivity index (χ2n) is 7.71. The molecule has 9 heteroatoms. The van der Waals surface area contributed by atoms with Gasteiger partial charge in [-0.1, -0.05) is 19.9 Å². The average Bonchev–Trinajstić information content (AvgIpc) is 2.78. The van der Waals surface area contributed by atoms with Crippen molar-refractivity contribution in [2.75, 3.05) is 20.8 Å². The molecule has 1 atom stereocenters. The van der Waals surface area contributed by atoms with Crippen LogP contribution in [0.4, 0.5) is 8.78 Å². The normalized spacial score (nSPS) is 11.8. The van der Waals surface area contributed by atoms with E-state index in [0.717, 1.165) is 0 Å². The van der Waals surface area contributed by atoms with E-state index in [1.54, 1.807) is 37.4 Å². The van der Waals surface area contributed by atoms with Crippen LogP contribution in [-0.2, 0) is 11.3 Å². The zero-order chi connectivity index (χ0) is 24.5. The summed E-state index contributed by atoms with van der Waals surface area (Å²) in [7, 11) is 2.95. The van der Waals surface area contributed by atoms with E-state index >= 15 is 0 Å². The molecule has 180 valence electrons. The van der Waals surface area contributed by atoms with Gasteiger partial charge in [-0.3, -0.25) is 9.59 Å². The second-order valence-corrected chi connectivity index (χ2v) is 7.71. The van der Waals surface area contributed by atoms with Gasteiger partial charge in [-0.2, -0.15) is 8.78 Å². The Hall–Kier alpha value is -3.36. The molecule has 0 aliphatic carbocycles. The molecular weight excluding hydrogens is 434 g/mol. The number of hydrogen-bond acceptors (Lipinski definition) is 5. The van der Waals surface area contributed by atoms with E-state index < -0.39 is 12.7 Å². The van der Waals surface area contributed by atoms with Crippen LogP contribution in [-0.4, -0.2) is 50.1 Å². The van der Waals surface area contributed by atoms with Gasteiger partial charge in [0.15, 0.2) is 11.5 Å². The number of benzene rings is 2. The fourth-order valence-corrected chi connectivity index (χ4v) is 3.20. The van der Waals surface area contributed by atoms with Crippen LogP contribution in [0.25, 0.3) is 0 Å². The molecule has 0 aromatic heterocycles. The molecule has 0 bridgehead atoms. The van der Waals surface area contributed by atoms with Gasteiger partial charge < -0.3 is 24.4 Å². The Kier molecular flexibility index (Phi) is 9.44. The molecule has 0 heterocycles. The van der Waals surface area contributed by atoms with Gasteiger partial charge in [0.25, 0.3) is 5.91 Å². The van der Waals surface area contributed by atoms with Crippen LogP contribution >= 0.6 is 0 Å². The van der Waals surface area contributed by atoms with E-state index in [2.05, 4.69) is 10.1 Å². The number of hydrogen-bond donors (Lipinski definition) is 1. The third kappa shape index (κ3) is 7.34. The molecule has 1 N–H and O–H groups in total. The Bertz CT molecular complexity index is 935. The van der Waals surface area contributed by atoms with E-state index in [1.807, 2.05) is 20.8 Å². The summed E-state index contributed by atoms with van der Waals surface area (Å²) in [6.45, 7) is 3.29. The zero-order valence-corrected chi connectivity index (χ0v) is 19.4. The SMILES string of the molecule is CCOc1ccc(C(=O)N[C@H](C(=O)N(C)Cc2ccc(OC(F)F)c(OC)c2)C(C)C)cc1. The summed E-state index contributed by atoms with van der Waals surface area (Å²) in [6.07, 6.45) is 0. The Morgan fingerprint density at radius 1 is 1.06 bits per heavy atom. The van der Waals surface area contributed by atoms with E-state index in [-0.39, 0.29) is 35.8 Å². The van der Waals surface area contributed by atoms with Crippen molar-refractivity contribution >= 4 is 11.8 Å². The first-order valence-corrected chi connectivity index (χ1v) is 10.6. The number of amides is 2. The van der Waals surface area contributed by atoms with Crippen molar-refractivity contribution in [3.05, 3.63) is 53.6 Å². The molecule has 0 aliphatic rings. The third-order valence-electron chi connectivity index (χ3n) is 4.89. The minimum atomic E-state index is -2.97. The number of likely N-dealkylation sites (N-methyl/N-ethyl adjacent to an activating group) is 1. The molecule has 0 saturated carbocycles. The molecular formula is C24H30F2N2O5. The van der Waals surface area contributed by atoms with Crippen molar-refractivity contribution in [1.82, 2.24) is 10.2 Å². The molecule has 33 heavy (non-hydrogen) atoms. The molecule has 0 radical (unpaired) electrons. The fourth-order valence-electron chi connectivity index (χ4n) is 3.20. The standard InChI is InChI=1S/C24H30F2N2O5/c1-6-32-18-10-8-17(9-11-18)22(29)27-21(15(2)3)23(30)28(4)14-16-7-12-19(33-24(25)26)20(13-16)31-5/h7-13,15,21,24H,6,14H2,1-5H3,(H,27,29)/t21-/m0/s1. The van der Waals surface area contributed by atoms with Crippen LogP contribution < -0.4 is 19.5 Å². The van der Waals surface area contributed by atoms with Gasteiger partial charge >= 0.3 is 6.61 Å². The lowest BCUT2D eigenvalue weighted by Gasteiger charge is -2.27. The van der Waals surface area contributed by atoms with Gasteiger partial charge in [0.2, 0.25) is 5.91 Å². The van der Waals surface area contributed by atoms with Gasteiger partial charge in [0.05, 0.1) is 13.7 Å². The summed E-state index contributed by atoms with van der Waals surface area (Å²) in [5.41, 5.74) is 1.07. The van der Waals surface area contributed by atoms with Crippen molar-refractivity contribution < 1.29 is 32.6 Å². The van der Waals surface area contributed by atoms with Crippen LogP contribution in [0.5, 0.6) is 17.2 Å².